The van der Waals surface area contributed by atoms with Crippen LogP contribution in [0.2, 0.25) is 0 Å². The summed E-state index contributed by atoms with van der Waals surface area (Å²) >= 11 is 0. The fraction of sp³-hybridized carbons (Fsp3) is 0.929. The summed E-state index contributed by atoms with van der Waals surface area (Å²) in [6.07, 6.45) is 6.57. The third kappa shape index (κ3) is 6.36. The molecule has 1 amide bonds. The zero-order valence-corrected chi connectivity index (χ0v) is 12.2. The maximum Gasteiger partial charge on any atom is 0.222 e. The quantitative estimate of drug-likeness (QED) is 0.745. The number of carbonyl (C=O) groups is 1. The van der Waals surface area contributed by atoms with Crippen LogP contribution in [0.1, 0.15) is 38.5 Å². The second-order valence-electron chi connectivity index (χ2n) is 5.66. The van der Waals surface area contributed by atoms with E-state index in [-0.39, 0.29) is 0 Å². The SMILES string of the molecule is CN(C)CCCN(C)C(=O)CCC1CCCCN1. The smallest absolute Gasteiger partial charge is 0.222 e. The molecule has 1 aliphatic rings. The molecule has 1 heterocycles. The molecule has 1 rings (SSSR count). The summed E-state index contributed by atoms with van der Waals surface area (Å²) in [6, 6.07) is 0.567. The minimum Gasteiger partial charge on any atom is -0.346 e. The monoisotopic (exact) mass is 255 g/mol. The minimum absolute atomic E-state index is 0.293. The van der Waals surface area contributed by atoms with E-state index in [0.29, 0.717) is 18.4 Å². The highest BCUT2D eigenvalue weighted by atomic mass is 16.2. The molecule has 1 aliphatic heterocycles. The van der Waals surface area contributed by atoms with Crippen molar-refractivity contribution in [1.29, 1.82) is 0 Å². The molecule has 1 unspecified atom stereocenters. The molecule has 1 fully saturated rings. The molecule has 0 aromatic rings. The number of piperidine rings is 1. The molecule has 0 bridgehead atoms. The molecule has 0 radical (unpaired) electrons. The third-order valence-electron chi connectivity index (χ3n) is 3.64. The fourth-order valence-electron chi connectivity index (χ4n) is 2.41. The van der Waals surface area contributed by atoms with Gasteiger partial charge in [0.2, 0.25) is 5.91 Å². The van der Waals surface area contributed by atoms with Crippen LogP contribution in [0.5, 0.6) is 0 Å². The number of rotatable bonds is 7. The van der Waals surface area contributed by atoms with Crippen molar-refractivity contribution >= 4 is 5.91 Å². The second-order valence-corrected chi connectivity index (χ2v) is 5.66. The van der Waals surface area contributed by atoms with Crippen LogP contribution in [-0.4, -0.2) is 62.5 Å². The number of nitrogens with zero attached hydrogens (tertiary/aromatic N) is 2. The zero-order valence-electron chi connectivity index (χ0n) is 12.2. The summed E-state index contributed by atoms with van der Waals surface area (Å²) in [5.74, 6) is 0.293. The van der Waals surface area contributed by atoms with E-state index in [0.717, 1.165) is 32.5 Å². The molecule has 1 saturated heterocycles. The Morgan fingerprint density at radius 3 is 2.61 bits per heavy atom. The Bertz CT molecular complexity index is 237. The van der Waals surface area contributed by atoms with Gasteiger partial charge in [-0.1, -0.05) is 6.42 Å². The maximum atomic E-state index is 11.9. The molecule has 0 aromatic heterocycles. The van der Waals surface area contributed by atoms with Crippen LogP contribution in [0.15, 0.2) is 0 Å². The molecule has 0 aliphatic carbocycles. The van der Waals surface area contributed by atoms with Crippen LogP contribution in [0.25, 0.3) is 0 Å². The molecule has 0 saturated carbocycles. The summed E-state index contributed by atoms with van der Waals surface area (Å²) in [7, 11) is 6.05. The number of hydrogen-bond donors (Lipinski definition) is 1. The van der Waals surface area contributed by atoms with Crippen LogP contribution in [0.4, 0.5) is 0 Å². The Hall–Kier alpha value is -0.610. The van der Waals surface area contributed by atoms with E-state index in [2.05, 4.69) is 24.3 Å². The van der Waals surface area contributed by atoms with Crippen molar-refractivity contribution in [1.82, 2.24) is 15.1 Å². The highest BCUT2D eigenvalue weighted by Crippen LogP contribution is 2.12. The lowest BCUT2D eigenvalue weighted by atomic mass is 10.0. The molecule has 1 atom stereocenters. The lowest BCUT2D eigenvalue weighted by molar-refractivity contribution is -0.130. The van der Waals surface area contributed by atoms with Gasteiger partial charge >= 0.3 is 0 Å². The zero-order chi connectivity index (χ0) is 13.4. The number of carbonyl (C=O) groups excluding carboxylic acids is 1. The lowest BCUT2D eigenvalue weighted by Gasteiger charge is -2.24. The predicted octanol–water partition coefficient (Wildman–Crippen LogP) is 1.32. The number of amides is 1. The summed E-state index contributed by atoms with van der Waals surface area (Å²) < 4.78 is 0. The van der Waals surface area contributed by atoms with Crippen molar-refractivity contribution in [2.24, 2.45) is 0 Å². The maximum absolute atomic E-state index is 11.9. The van der Waals surface area contributed by atoms with Crippen molar-refractivity contribution in [2.75, 3.05) is 40.8 Å². The third-order valence-corrected chi connectivity index (χ3v) is 3.64. The molecule has 1 N–H and O–H groups in total. The van der Waals surface area contributed by atoms with Gasteiger partial charge in [0.15, 0.2) is 0 Å². The van der Waals surface area contributed by atoms with Gasteiger partial charge in [-0.2, -0.15) is 0 Å². The van der Waals surface area contributed by atoms with Gasteiger partial charge in [0.05, 0.1) is 0 Å². The first-order valence-corrected chi connectivity index (χ1v) is 7.21. The first-order valence-electron chi connectivity index (χ1n) is 7.21. The van der Waals surface area contributed by atoms with E-state index in [1.54, 1.807) is 0 Å². The Kier molecular flexibility index (Phi) is 7.28. The van der Waals surface area contributed by atoms with Crippen LogP contribution in [-0.2, 0) is 4.79 Å². The highest BCUT2D eigenvalue weighted by Gasteiger charge is 2.15. The minimum atomic E-state index is 0.293. The van der Waals surface area contributed by atoms with Crippen molar-refractivity contribution < 1.29 is 4.79 Å². The van der Waals surface area contributed by atoms with Gasteiger partial charge in [0, 0.05) is 26.1 Å². The lowest BCUT2D eigenvalue weighted by Crippen LogP contribution is -2.36. The van der Waals surface area contributed by atoms with E-state index in [9.17, 15) is 4.79 Å². The van der Waals surface area contributed by atoms with Crippen LogP contribution < -0.4 is 5.32 Å². The molecule has 4 heteroatoms. The van der Waals surface area contributed by atoms with Crippen molar-refractivity contribution in [3.8, 4) is 0 Å². The van der Waals surface area contributed by atoms with Gasteiger partial charge in [0.1, 0.15) is 0 Å². The largest absolute Gasteiger partial charge is 0.346 e. The predicted molar refractivity (Wildman–Crippen MR) is 75.7 cm³/mol. The average Bonchev–Trinajstić information content (AvgIpc) is 2.36. The molecule has 0 spiro atoms. The van der Waals surface area contributed by atoms with E-state index >= 15 is 0 Å². The van der Waals surface area contributed by atoms with Crippen LogP contribution in [0.3, 0.4) is 0 Å². The molecule has 106 valence electrons. The first-order chi connectivity index (χ1) is 8.59. The molecular weight excluding hydrogens is 226 g/mol. The van der Waals surface area contributed by atoms with Gasteiger partial charge in [-0.15, -0.1) is 0 Å². The molecular formula is C14H29N3O. The highest BCUT2D eigenvalue weighted by molar-refractivity contribution is 5.75. The Labute approximate surface area is 112 Å². The molecule has 4 nitrogen and oxygen atoms in total. The van der Waals surface area contributed by atoms with Crippen LogP contribution in [0, 0.1) is 0 Å². The van der Waals surface area contributed by atoms with E-state index in [4.69, 9.17) is 0 Å². The van der Waals surface area contributed by atoms with E-state index < -0.39 is 0 Å². The van der Waals surface area contributed by atoms with Gasteiger partial charge in [-0.25, -0.2) is 0 Å². The second kappa shape index (κ2) is 8.48. The Morgan fingerprint density at radius 2 is 2.00 bits per heavy atom. The van der Waals surface area contributed by atoms with Crippen molar-refractivity contribution in [3.05, 3.63) is 0 Å². The number of hydrogen-bond acceptors (Lipinski definition) is 3. The standard InChI is InChI=1S/C14H29N3O/c1-16(2)11-6-12-17(3)14(18)9-8-13-7-4-5-10-15-13/h13,15H,4-12H2,1-3H3. The Balaban J connectivity index is 2.10. The van der Waals surface area contributed by atoms with Crippen molar-refractivity contribution in [3.63, 3.8) is 0 Å². The first kappa shape index (κ1) is 15.4. The average molecular weight is 255 g/mol. The molecule has 0 aromatic carbocycles. The van der Waals surface area contributed by atoms with E-state index in [1.165, 1.54) is 19.3 Å². The van der Waals surface area contributed by atoms with Gasteiger partial charge in [-0.3, -0.25) is 4.79 Å². The normalized spacial score (nSPS) is 20.1. The van der Waals surface area contributed by atoms with Gasteiger partial charge in [-0.05, 0) is 52.9 Å². The topological polar surface area (TPSA) is 35.6 Å². The summed E-state index contributed by atoms with van der Waals surface area (Å²) in [5.41, 5.74) is 0. The number of nitrogens with one attached hydrogen (secondary N) is 1. The summed E-state index contributed by atoms with van der Waals surface area (Å²) in [4.78, 5) is 16.0. The van der Waals surface area contributed by atoms with Gasteiger partial charge < -0.3 is 15.1 Å². The fourth-order valence-corrected chi connectivity index (χ4v) is 2.41. The van der Waals surface area contributed by atoms with Crippen molar-refractivity contribution in [2.45, 2.75) is 44.6 Å². The van der Waals surface area contributed by atoms with Gasteiger partial charge in [0.25, 0.3) is 0 Å². The molecule has 18 heavy (non-hydrogen) atoms. The summed E-state index contributed by atoms with van der Waals surface area (Å²) in [5, 5.41) is 3.49. The van der Waals surface area contributed by atoms with E-state index in [1.807, 2.05) is 11.9 Å². The van der Waals surface area contributed by atoms with Crippen LogP contribution >= 0.6 is 0 Å². The summed E-state index contributed by atoms with van der Waals surface area (Å²) in [6.45, 7) is 3.04. The Morgan fingerprint density at radius 1 is 1.22 bits per heavy atom.